The highest BCUT2D eigenvalue weighted by molar-refractivity contribution is 5.82. The van der Waals surface area contributed by atoms with E-state index in [-0.39, 0.29) is 0 Å². The van der Waals surface area contributed by atoms with Crippen molar-refractivity contribution in [3.05, 3.63) is 35.4 Å². The van der Waals surface area contributed by atoms with Gasteiger partial charge in [-0.3, -0.25) is 10.1 Å². The van der Waals surface area contributed by atoms with Crippen LogP contribution >= 0.6 is 0 Å². The smallest absolute Gasteiger partial charge is 0.328 e. The van der Waals surface area contributed by atoms with Crippen molar-refractivity contribution in [2.45, 2.75) is 44.9 Å². The van der Waals surface area contributed by atoms with Crippen LogP contribution in [0.4, 0.5) is 0 Å². The van der Waals surface area contributed by atoms with E-state index >= 15 is 0 Å². The van der Waals surface area contributed by atoms with Gasteiger partial charge in [0.1, 0.15) is 17.7 Å². The van der Waals surface area contributed by atoms with Crippen molar-refractivity contribution in [3.63, 3.8) is 0 Å². The number of hydrogen-bond acceptors (Lipinski definition) is 4. The van der Waals surface area contributed by atoms with E-state index in [0.29, 0.717) is 6.42 Å². The molecular formula is C15H19NO4. The number of ether oxygens (including phenoxy) is 1. The highest BCUT2D eigenvalue weighted by atomic mass is 16.6. The maximum atomic E-state index is 12.3. The van der Waals surface area contributed by atoms with Crippen molar-refractivity contribution in [1.82, 2.24) is 5.32 Å². The molecule has 20 heavy (non-hydrogen) atoms. The van der Waals surface area contributed by atoms with E-state index < -0.39 is 29.6 Å². The van der Waals surface area contributed by atoms with Crippen molar-refractivity contribution in [1.29, 1.82) is 0 Å². The summed E-state index contributed by atoms with van der Waals surface area (Å²) < 4.78 is 5.37. The maximum Gasteiger partial charge on any atom is 0.328 e. The van der Waals surface area contributed by atoms with Crippen LogP contribution in [0.25, 0.3) is 0 Å². The Hall–Kier alpha value is -1.88. The van der Waals surface area contributed by atoms with Crippen molar-refractivity contribution >= 4 is 11.9 Å². The summed E-state index contributed by atoms with van der Waals surface area (Å²) in [5, 5.41) is 12.0. The largest absolute Gasteiger partial charge is 0.480 e. The molecule has 1 heterocycles. The lowest BCUT2D eigenvalue weighted by molar-refractivity contribution is -0.158. The molecule has 0 unspecified atom stereocenters. The molecule has 0 saturated heterocycles. The number of carbonyl (C=O) groups is 2. The minimum Gasteiger partial charge on any atom is -0.480 e. The molecule has 2 N–H and O–H groups in total. The number of hydrogen-bond donors (Lipinski definition) is 2. The Morgan fingerprint density at radius 1 is 1.30 bits per heavy atom. The number of benzene rings is 1. The predicted octanol–water partition coefficient (Wildman–Crippen LogP) is 1.67. The molecule has 0 spiro atoms. The molecule has 2 rings (SSSR count). The Balaban J connectivity index is 2.31. The normalized spacial score (nSPS) is 21.9. The van der Waals surface area contributed by atoms with Gasteiger partial charge < -0.3 is 9.84 Å². The van der Waals surface area contributed by atoms with E-state index in [9.17, 15) is 14.7 Å². The SMILES string of the molecule is CC(C)(C)OC(=O)[C@H]1N[C@H](C(=O)O)Cc2ccccc21. The Labute approximate surface area is 117 Å². The second kappa shape index (κ2) is 5.25. The molecule has 5 heteroatoms. The monoisotopic (exact) mass is 277 g/mol. The lowest BCUT2D eigenvalue weighted by Crippen LogP contribution is -2.48. The van der Waals surface area contributed by atoms with Gasteiger partial charge in [0.25, 0.3) is 0 Å². The zero-order valence-corrected chi connectivity index (χ0v) is 11.8. The number of aliphatic carboxylic acids is 1. The van der Waals surface area contributed by atoms with Gasteiger partial charge in [-0.2, -0.15) is 0 Å². The Bertz CT molecular complexity index is 533. The summed E-state index contributed by atoms with van der Waals surface area (Å²) in [5.41, 5.74) is 1.05. The quantitative estimate of drug-likeness (QED) is 0.804. The summed E-state index contributed by atoms with van der Waals surface area (Å²) in [7, 11) is 0. The number of nitrogens with one attached hydrogen (secondary N) is 1. The van der Waals surface area contributed by atoms with Crippen LogP contribution in [0.1, 0.15) is 37.9 Å². The standard InChI is InChI=1S/C15H19NO4/c1-15(2,3)20-14(19)12-10-7-5-4-6-9(10)8-11(16-12)13(17)18/h4-7,11-12,16H,8H2,1-3H3,(H,17,18)/t11-,12-/m0/s1. The highest BCUT2D eigenvalue weighted by Crippen LogP contribution is 2.27. The summed E-state index contributed by atoms with van der Waals surface area (Å²) in [6, 6.07) is 5.84. The van der Waals surface area contributed by atoms with Crippen LogP contribution < -0.4 is 5.32 Å². The van der Waals surface area contributed by atoms with Crippen LogP contribution in [0.5, 0.6) is 0 Å². The Kier molecular flexibility index (Phi) is 3.81. The summed E-state index contributed by atoms with van der Waals surface area (Å²) in [6.07, 6.45) is 0.366. The van der Waals surface area contributed by atoms with Gasteiger partial charge in [0.15, 0.2) is 0 Å². The molecule has 0 bridgehead atoms. The van der Waals surface area contributed by atoms with Crippen molar-refractivity contribution in [2.24, 2.45) is 0 Å². The number of esters is 1. The number of rotatable bonds is 2. The van der Waals surface area contributed by atoms with Crippen molar-refractivity contribution < 1.29 is 19.4 Å². The molecule has 0 aromatic heterocycles. The lowest BCUT2D eigenvalue weighted by atomic mass is 9.90. The summed E-state index contributed by atoms with van der Waals surface area (Å²) in [4.78, 5) is 23.5. The number of fused-ring (bicyclic) bond motifs is 1. The van der Waals surface area contributed by atoms with Crippen LogP contribution in [0.15, 0.2) is 24.3 Å². The first-order valence-electron chi connectivity index (χ1n) is 6.57. The lowest BCUT2D eigenvalue weighted by Gasteiger charge is -2.31. The summed E-state index contributed by atoms with van der Waals surface area (Å²) in [5.74, 6) is -1.41. The average Bonchev–Trinajstić information content (AvgIpc) is 2.35. The molecule has 0 fully saturated rings. The average molecular weight is 277 g/mol. The minimum absolute atomic E-state index is 0.366. The number of carboxylic acid groups (broad SMARTS) is 1. The van der Waals surface area contributed by atoms with Gasteiger partial charge in [0, 0.05) is 0 Å². The fourth-order valence-electron chi connectivity index (χ4n) is 2.29. The molecule has 0 aliphatic carbocycles. The Morgan fingerprint density at radius 2 is 1.95 bits per heavy atom. The third kappa shape index (κ3) is 3.17. The van der Waals surface area contributed by atoms with Crippen LogP contribution in [0, 0.1) is 0 Å². The maximum absolute atomic E-state index is 12.3. The van der Waals surface area contributed by atoms with Gasteiger partial charge in [0.05, 0.1) is 0 Å². The predicted molar refractivity (Wildman–Crippen MR) is 73.3 cm³/mol. The third-order valence-electron chi connectivity index (χ3n) is 3.10. The fraction of sp³-hybridized carbons (Fsp3) is 0.467. The first-order valence-corrected chi connectivity index (χ1v) is 6.57. The third-order valence-corrected chi connectivity index (χ3v) is 3.10. The van der Waals surface area contributed by atoms with Gasteiger partial charge in [-0.25, -0.2) is 4.79 Å². The number of carboxylic acids is 1. The van der Waals surface area contributed by atoms with Crippen molar-refractivity contribution in [2.75, 3.05) is 0 Å². The molecule has 1 aliphatic heterocycles. The van der Waals surface area contributed by atoms with Gasteiger partial charge in [-0.05, 0) is 38.3 Å². The summed E-state index contributed by atoms with van der Waals surface area (Å²) >= 11 is 0. The van der Waals surface area contributed by atoms with E-state index in [1.807, 2.05) is 24.3 Å². The molecule has 1 aromatic carbocycles. The first-order chi connectivity index (χ1) is 9.28. The van der Waals surface area contributed by atoms with Crippen molar-refractivity contribution in [3.8, 4) is 0 Å². The minimum atomic E-state index is -0.965. The van der Waals surface area contributed by atoms with E-state index in [4.69, 9.17) is 4.74 Å². The van der Waals surface area contributed by atoms with Crippen LogP contribution in [-0.2, 0) is 20.7 Å². The van der Waals surface area contributed by atoms with Gasteiger partial charge in [0.2, 0.25) is 0 Å². The topological polar surface area (TPSA) is 75.6 Å². The molecule has 1 aliphatic rings. The number of carbonyl (C=O) groups excluding carboxylic acids is 1. The second-order valence-electron chi connectivity index (χ2n) is 5.93. The molecule has 0 amide bonds. The Morgan fingerprint density at radius 3 is 2.55 bits per heavy atom. The molecule has 2 atom stereocenters. The van der Waals surface area contributed by atoms with E-state index in [2.05, 4.69) is 5.32 Å². The molecule has 5 nitrogen and oxygen atoms in total. The van der Waals surface area contributed by atoms with Gasteiger partial charge in [-0.15, -0.1) is 0 Å². The molecular weight excluding hydrogens is 258 g/mol. The van der Waals surface area contributed by atoms with Crippen LogP contribution in [-0.4, -0.2) is 28.7 Å². The van der Waals surface area contributed by atoms with E-state index in [1.165, 1.54) is 0 Å². The van der Waals surface area contributed by atoms with Crippen LogP contribution in [0.2, 0.25) is 0 Å². The van der Waals surface area contributed by atoms with Gasteiger partial charge >= 0.3 is 11.9 Å². The molecule has 0 saturated carbocycles. The van der Waals surface area contributed by atoms with Crippen LogP contribution in [0.3, 0.4) is 0 Å². The molecule has 108 valence electrons. The first kappa shape index (κ1) is 14.5. The highest BCUT2D eigenvalue weighted by Gasteiger charge is 2.36. The molecule has 0 radical (unpaired) electrons. The summed E-state index contributed by atoms with van der Waals surface area (Å²) in [6.45, 7) is 5.36. The zero-order valence-electron chi connectivity index (χ0n) is 11.8. The zero-order chi connectivity index (χ0) is 14.9. The van der Waals surface area contributed by atoms with E-state index in [1.54, 1.807) is 20.8 Å². The molecule has 1 aromatic rings. The van der Waals surface area contributed by atoms with E-state index in [0.717, 1.165) is 11.1 Å². The second-order valence-corrected chi connectivity index (χ2v) is 5.93. The van der Waals surface area contributed by atoms with Gasteiger partial charge in [-0.1, -0.05) is 24.3 Å². The fourth-order valence-corrected chi connectivity index (χ4v) is 2.29.